The fourth-order valence-electron chi connectivity index (χ4n) is 2.07. The van der Waals surface area contributed by atoms with E-state index in [9.17, 15) is 4.79 Å². The Kier molecular flexibility index (Phi) is 4.11. The molecule has 0 aliphatic rings. The molecule has 0 saturated heterocycles. The molecule has 2 rings (SSSR count). The molecule has 0 spiro atoms. The molecule has 0 unspecified atom stereocenters. The first-order valence-electron chi connectivity index (χ1n) is 5.87. The molecule has 0 aliphatic carbocycles. The van der Waals surface area contributed by atoms with Gasteiger partial charge in [0.05, 0.1) is 5.69 Å². The summed E-state index contributed by atoms with van der Waals surface area (Å²) in [5, 5.41) is 4.75. The predicted molar refractivity (Wildman–Crippen MR) is 79.9 cm³/mol. The molecule has 0 aliphatic heterocycles. The topological polar surface area (TPSA) is 34.9 Å². The zero-order valence-corrected chi connectivity index (χ0v) is 13.3. The van der Waals surface area contributed by atoms with Crippen molar-refractivity contribution in [1.82, 2.24) is 9.78 Å². The number of aromatic nitrogens is 2. The van der Waals surface area contributed by atoms with Crippen LogP contribution in [0.25, 0.3) is 0 Å². The van der Waals surface area contributed by atoms with Gasteiger partial charge >= 0.3 is 0 Å². The molecule has 100 valence electrons. The van der Waals surface area contributed by atoms with E-state index in [2.05, 4.69) is 21.0 Å². The average Bonchev–Trinajstić information content (AvgIpc) is 2.56. The molecule has 0 radical (unpaired) electrons. The van der Waals surface area contributed by atoms with Crippen molar-refractivity contribution in [3.63, 3.8) is 0 Å². The number of aryl methyl sites for hydroxylation is 3. The summed E-state index contributed by atoms with van der Waals surface area (Å²) < 4.78 is 2.56. The van der Waals surface area contributed by atoms with E-state index in [1.165, 1.54) is 0 Å². The van der Waals surface area contributed by atoms with Crippen LogP contribution < -0.4 is 0 Å². The number of Topliss-reactive ketones (excluding diaryl/α,β-unsaturated/α-hetero) is 1. The molecule has 0 atom stereocenters. The second-order valence-electron chi connectivity index (χ2n) is 4.54. The van der Waals surface area contributed by atoms with E-state index in [0.29, 0.717) is 5.15 Å². The van der Waals surface area contributed by atoms with E-state index in [1.54, 1.807) is 11.7 Å². The third-order valence-corrected chi connectivity index (χ3v) is 4.06. The van der Waals surface area contributed by atoms with Gasteiger partial charge in [0.2, 0.25) is 0 Å². The van der Waals surface area contributed by atoms with E-state index >= 15 is 0 Å². The molecule has 3 nitrogen and oxygen atoms in total. The van der Waals surface area contributed by atoms with Gasteiger partial charge in [0.1, 0.15) is 5.15 Å². The minimum absolute atomic E-state index is 0.0583. The summed E-state index contributed by atoms with van der Waals surface area (Å²) in [6.45, 7) is 3.79. The summed E-state index contributed by atoms with van der Waals surface area (Å²) in [4.78, 5) is 12.3. The Labute approximate surface area is 125 Å². The number of halogens is 2. The van der Waals surface area contributed by atoms with E-state index < -0.39 is 0 Å². The highest BCUT2D eigenvalue weighted by Crippen LogP contribution is 2.22. The van der Waals surface area contributed by atoms with Crippen LogP contribution in [0, 0.1) is 13.8 Å². The fourth-order valence-corrected chi connectivity index (χ4v) is 2.79. The van der Waals surface area contributed by atoms with E-state index in [0.717, 1.165) is 26.9 Å². The highest BCUT2D eigenvalue weighted by Gasteiger charge is 2.17. The second kappa shape index (κ2) is 5.47. The van der Waals surface area contributed by atoms with Gasteiger partial charge in [-0.2, -0.15) is 5.10 Å². The second-order valence-corrected chi connectivity index (χ2v) is 5.81. The molecular weight excluding hydrogens is 328 g/mol. The lowest BCUT2D eigenvalue weighted by Gasteiger charge is -2.05. The van der Waals surface area contributed by atoms with Crippen molar-refractivity contribution in [1.29, 1.82) is 0 Å². The molecular formula is C14H14BrClN2O. The zero-order valence-electron chi connectivity index (χ0n) is 11.0. The maximum atomic E-state index is 12.3. The monoisotopic (exact) mass is 340 g/mol. The Balaban J connectivity index is 2.31. The molecule has 1 aromatic carbocycles. The number of carbonyl (C=O) groups is 1. The van der Waals surface area contributed by atoms with Crippen molar-refractivity contribution in [2.75, 3.05) is 0 Å². The van der Waals surface area contributed by atoms with E-state index in [4.69, 9.17) is 11.6 Å². The first-order valence-corrected chi connectivity index (χ1v) is 7.04. The van der Waals surface area contributed by atoms with Crippen molar-refractivity contribution in [3.05, 3.63) is 50.2 Å². The van der Waals surface area contributed by atoms with Crippen LogP contribution in [0.3, 0.4) is 0 Å². The van der Waals surface area contributed by atoms with Gasteiger partial charge in [-0.3, -0.25) is 9.48 Å². The average molecular weight is 342 g/mol. The molecule has 1 heterocycles. The minimum Gasteiger partial charge on any atom is -0.294 e. The number of hydrogen-bond acceptors (Lipinski definition) is 2. The number of rotatable bonds is 3. The van der Waals surface area contributed by atoms with Crippen molar-refractivity contribution in [3.8, 4) is 0 Å². The summed E-state index contributed by atoms with van der Waals surface area (Å²) in [5.41, 5.74) is 3.28. The molecule has 0 N–H and O–H groups in total. The summed E-state index contributed by atoms with van der Waals surface area (Å²) in [6, 6.07) is 5.64. The van der Waals surface area contributed by atoms with Gasteiger partial charge < -0.3 is 0 Å². The lowest BCUT2D eigenvalue weighted by atomic mass is 10.00. The van der Waals surface area contributed by atoms with Crippen molar-refractivity contribution >= 4 is 33.3 Å². The van der Waals surface area contributed by atoms with E-state index in [-0.39, 0.29) is 12.2 Å². The number of hydrogen-bond donors (Lipinski definition) is 0. The van der Waals surface area contributed by atoms with Gasteiger partial charge in [0.25, 0.3) is 0 Å². The van der Waals surface area contributed by atoms with E-state index in [1.807, 2.05) is 32.0 Å². The largest absolute Gasteiger partial charge is 0.294 e. The summed E-state index contributed by atoms with van der Waals surface area (Å²) in [7, 11) is 1.77. The Morgan fingerprint density at radius 1 is 1.42 bits per heavy atom. The van der Waals surface area contributed by atoms with Gasteiger partial charge in [-0.05, 0) is 31.5 Å². The normalized spacial score (nSPS) is 10.8. The number of ketones is 1. The first-order chi connectivity index (χ1) is 8.90. The lowest BCUT2D eigenvalue weighted by Crippen LogP contribution is -2.06. The minimum atomic E-state index is 0.0583. The van der Waals surface area contributed by atoms with Crippen LogP contribution in [0.5, 0.6) is 0 Å². The Hall–Kier alpha value is -1.13. The van der Waals surface area contributed by atoms with Crippen molar-refractivity contribution in [2.45, 2.75) is 20.3 Å². The van der Waals surface area contributed by atoms with Gasteiger partial charge in [0.15, 0.2) is 5.78 Å². The lowest BCUT2D eigenvalue weighted by molar-refractivity contribution is 0.0992. The summed E-state index contributed by atoms with van der Waals surface area (Å²) in [6.07, 6.45) is 0.279. The van der Waals surface area contributed by atoms with Crippen LogP contribution >= 0.6 is 27.5 Å². The molecule has 0 amide bonds. The third-order valence-electron chi connectivity index (χ3n) is 3.10. The van der Waals surface area contributed by atoms with Crippen molar-refractivity contribution < 1.29 is 4.79 Å². The Bertz CT molecular complexity index is 649. The highest BCUT2D eigenvalue weighted by molar-refractivity contribution is 9.10. The third kappa shape index (κ3) is 2.90. The Morgan fingerprint density at radius 2 is 2.11 bits per heavy atom. The predicted octanol–water partition coefficient (Wildman–Crippen LogP) is 3.88. The van der Waals surface area contributed by atoms with Crippen LogP contribution in [-0.2, 0) is 13.5 Å². The molecule has 0 saturated carbocycles. The number of benzene rings is 1. The Morgan fingerprint density at radius 3 is 2.63 bits per heavy atom. The molecule has 1 aromatic heterocycles. The number of nitrogens with zero attached hydrogens (tertiary/aromatic N) is 2. The van der Waals surface area contributed by atoms with Crippen LogP contribution in [0.4, 0.5) is 0 Å². The quantitative estimate of drug-likeness (QED) is 0.794. The molecule has 2 aromatic rings. The number of carbonyl (C=O) groups excluding carboxylic acids is 1. The van der Waals surface area contributed by atoms with Crippen LogP contribution in [-0.4, -0.2) is 15.6 Å². The first kappa shape index (κ1) is 14.3. The van der Waals surface area contributed by atoms with Gasteiger partial charge in [-0.15, -0.1) is 0 Å². The maximum Gasteiger partial charge on any atom is 0.167 e. The zero-order chi connectivity index (χ0) is 14.2. The molecule has 0 fully saturated rings. The molecule has 5 heteroatoms. The summed E-state index contributed by atoms with van der Waals surface area (Å²) in [5.74, 6) is 0.0583. The fraction of sp³-hybridized carbons (Fsp3) is 0.286. The molecule has 19 heavy (non-hydrogen) atoms. The van der Waals surface area contributed by atoms with Crippen molar-refractivity contribution in [2.24, 2.45) is 7.05 Å². The maximum absolute atomic E-state index is 12.3. The molecule has 0 bridgehead atoms. The van der Waals surface area contributed by atoms with Gasteiger partial charge in [0, 0.05) is 29.1 Å². The standard InChI is InChI=1S/C14H14BrClN2O/c1-8-6-10(15)4-5-11(8)13(19)7-12-9(2)17-18(3)14(12)16/h4-6H,7H2,1-3H3. The van der Waals surface area contributed by atoms with Gasteiger partial charge in [-0.1, -0.05) is 33.6 Å². The van der Waals surface area contributed by atoms with Crippen LogP contribution in [0.15, 0.2) is 22.7 Å². The van der Waals surface area contributed by atoms with Crippen LogP contribution in [0.1, 0.15) is 27.2 Å². The SMILES string of the molecule is Cc1cc(Br)ccc1C(=O)Cc1c(C)nn(C)c1Cl. The smallest absolute Gasteiger partial charge is 0.167 e. The highest BCUT2D eigenvalue weighted by atomic mass is 79.9. The van der Waals surface area contributed by atoms with Gasteiger partial charge in [-0.25, -0.2) is 0 Å². The summed E-state index contributed by atoms with van der Waals surface area (Å²) >= 11 is 9.54. The van der Waals surface area contributed by atoms with Crippen LogP contribution in [0.2, 0.25) is 5.15 Å².